The minimum Gasteiger partial charge on any atom is -0.396 e. The molecule has 0 amide bonds. The van der Waals surface area contributed by atoms with Crippen LogP contribution in [0.4, 0.5) is 0 Å². The summed E-state index contributed by atoms with van der Waals surface area (Å²) in [6.45, 7) is 4.37. The molecule has 2 aromatic rings. The number of aliphatic hydroxyl groups is 1. The van der Waals surface area contributed by atoms with Gasteiger partial charge < -0.3 is 5.11 Å². The second-order valence-corrected chi connectivity index (χ2v) is 8.58. The fourth-order valence-corrected chi connectivity index (χ4v) is 5.07. The number of aromatic nitrogens is 2. The Morgan fingerprint density at radius 2 is 1.93 bits per heavy atom. The highest BCUT2D eigenvalue weighted by molar-refractivity contribution is 6.32. The Bertz CT molecular complexity index is 758. The molecule has 152 valence electrons. The molecule has 6 heteroatoms. The fraction of sp³-hybridized carbons (Fsp3) is 0.591. The monoisotopic (exact) mass is 402 g/mol. The summed E-state index contributed by atoms with van der Waals surface area (Å²) in [5, 5.41) is 14.8. The van der Waals surface area contributed by atoms with Crippen LogP contribution in [0.15, 0.2) is 36.7 Å². The smallest absolute Gasteiger partial charge is 0.0831 e. The largest absolute Gasteiger partial charge is 0.396 e. The number of piperazine rings is 1. The lowest BCUT2D eigenvalue weighted by Crippen LogP contribution is -2.56. The Labute approximate surface area is 172 Å². The van der Waals surface area contributed by atoms with Crippen molar-refractivity contribution in [3.63, 3.8) is 0 Å². The molecule has 1 aromatic heterocycles. The fourth-order valence-electron chi connectivity index (χ4n) is 4.85. The van der Waals surface area contributed by atoms with Crippen molar-refractivity contribution in [2.45, 2.75) is 57.2 Å². The summed E-state index contributed by atoms with van der Waals surface area (Å²) in [6.07, 6.45) is 11.6. The molecule has 1 aliphatic carbocycles. The molecule has 28 heavy (non-hydrogen) atoms. The topological polar surface area (TPSA) is 44.5 Å². The van der Waals surface area contributed by atoms with Gasteiger partial charge in [-0.3, -0.25) is 9.80 Å². The maximum absolute atomic E-state index is 9.60. The molecular formula is C22H31ClN4O. The van der Waals surface area contributed by atoms with Crippen LogP contribution in [0.3, 0.4) is 0 Å². The average molecular weight is 403 g/mol. The molecule has 1 aliphatic heterocycles. The number of hydrogen-bond acceptors (Lipinski definition) is 4. The molecule has 0 bridgehead atoms. The van der Waals surface area contributed by atoms with Crippen LogP contribution in [-0.4, -0.2) is 63.0 Å². The second kappa shape index (κ2) is 9.40. The first kappa shape index (κ1) is 19.9. The quantitative estimate of drug-likeness (QED) is 0.799. The summed E-state index contributed by atoms with van der Waals surface area (Å²) in [5.74, 6) is 0. The van der Waals surface area contributed by atoms with E-state index in [0.717, 1.165) is 44.3 Å². The van der Waals surface area contributed by atoms with Crippen molar-refractivity contribution in [2.75, 3.05) is 26.2 Å². The third-order valence-electron chi connectivity index (χ3n) is 6.26. The summed E-state index contributed by atoms with van der Waals surface area (Å²) >= 11 is 6.30. The third kappa shape index (κ3) is 4.60. The molecule has 1 aromatic carbocycles. The van der Waals surface area contributed by atoms with Crippen LogP contribution in [-0.2, 0) is 6.54 Å². The zero-order chi connectivity index (χ0) is 19.3. The van der Waals surface area contributed by atoms with Crippen LogP contribution < -0.4 is 0 Å². The van der Waals surface area contributed by atoms with E-state index in [2.05, 4.69) is 21.1 Å². The standard InChI is InChI=1S/C22H31ClN4O/c23-21-8-4-5-9-22(21)27-16-18(14-24-27)15-25-11-12-26(20(17-25)10-13-28)19-6-2-1-3-7-19/h4-5,8-9,14,16,19-20,28H,1-3,6-7,10-13,15,17H2. The molecule has 1 saturated heterocycles. The van der Waals surface area contributed by atoms with E-state index in [-0.39, 0.29) is 6.61 Å². The molecule has 1 unspecified atom stereocenters. The van der Waals surface area contributed by atoms with Crippen LogP contribution in [0.2, 0.25) is 5.02 Å². The van der Waals surface area contributed by atoms with Gasteiger partial charge in [0.05, 0.1) is 16.9 Å². The Kier molecular flexibility index (Phi) is 6.68. The Balaban J connectivity index is 1.40. The molecule has 0 spiro atoms. The van der Waals surface area contributed by atoms with Gasteiger partial charge in [-0.05, 0) is 31.4 Å². The minimum absolute atomic E-state index is 0.270. The summed E-state index contributed by atoms with van der Waals surface area (Å²) in [6, 6.07) is 8.97. The van der Waals surface area contributed by atoms with Crippen LogP contribution in [0.1, 0.15) is 44.1 Å². The molecule has 1 atom stereocenters. The number of halogens is 1. The minimum atomic E-state index is 0.270. The van der Waals surface area contributed by atoms with Gasteiger partial charge in [-0.2, -0.15) is 5.10 Å². The van der Waals surface area contributed by atoms with Gasteiger partial charge in [-0.25, -0.2) is 4.68 Å². The first-order valence-corrected chi connectivity index (χ1v) is 11.0. The predicted molar refractivity (Wildman–Crippen MR) is 113 cm³/mol. The van der Waals surface area contributed by atoms with Crippen molar-refractivity contribution in [3.8, 4) is 5.69 Å². The van der Waals surface area contributed by atoms with Gasteiger partial charge in [0.2, 0.25) is 0 Å². The van der Waals surface area contributed by atoms with Gasteiger partial charge in [-0.1, -0.05) is 43.0 Å². The average Bonchev–Trinajstić information content (AvgIpc) is 3.18. The zero-order valence-corrected chi connectivity index (χ0v) is 17.3. The van der Waals surface area contributed by atoms with E-state index in [9.17, 15) is 5.11 Å². The van der Waals surface area contributed by atoms with E-state index in [1.165, 1.54) is 37.7 Å². The van der Waals surface area contributed by atoms with Crippen molar-refractivity contribution in [3.05, 3.63) is 47.2 Å². The van der Waals surface area contributed by atoms with E-state index in [1.807, 2.05) is 35.1 Å². The van der Waals surface area contributed by atoms with Crippen LogP contribution in [0.25, 0.3) is 5.69 Å². The van der Waals surface area contributed by atoms with Gasteiger partial charge in [-0.15, -0.1) is 0 Å². The summed E-state index contributed by atoms with van der Waals surface area (Å²) in [5.41, 5.74) is 2.12. The zero-order valence-electron chi connectivity index (χ0n) is 16.5. The van der Waals surface area contributed by atoms with Crippen LogP contribution >= 0.6 is 11.6 Å². The second-order valence-electron chi connectivity index (χ2n) is 8.18. The van der Waals surface area contributed by atoms with Gasteiger partial charge in [0.25, 0.3) is 0 Å². The van der Waals surface area contributed by atoms with Crippen molar-refractivity contribution < 1.29 is 5.11 Å². The summed E-state index contributed by atoms with van der Waals surface area (Å²) in [4.78, 5) is 5.20. The highest BCUT2D eigenvalue weighted by Gasteiger charge is 2.32. The lowest BCUT2D eigenvalue weighted by molar-refractivity contribution is 0.0137. The Morgan fingerprint density at radius 1 is 1.11 bits per heavy atom. The van der Waals surface area contributed by atoms with E-state index in [4.69, 9.17) is 11.6 Å². The molecule has 2 fully saturated rings. The third-order valence-corrected chi connectivity index (χ3v) is 6.58. The van der Waals surface area contributed by atoms with Gasteiger partial charge in [0.1, 0.15) is 0 Å². The van der Waals surface area contributed by atoms with E-state index in [0.29, 0.717) is 11.1 Å². The molecule has 2 heterocycles. The molecule has 2 aliphatic rings. The molecular weight excluding hydrogens is 372 g/mol. The SMILES string of the molecule is OCCC1CN(Cc2cnn(-c3ccccc3Cl)c2)CCN1C1CCCCC1. The maximum atomic E-state index is 9.60. The first-order valence-electron chi connectivity index (χ1n) is 10.6. The van der Waals surface area contributed by atoms with Crippen molar-refractivity contribution in [2.24, 2.45) is 0 Å². The number of hydrogen-bond donors (Lipinski definition) is 1. The summed E-state index contributed by atoms with van der Waals surface area (Å²) in [7, 11) is 0. The molecule has 0 radical (unpaired) electrons. The van der Waals surface area contributed by atoms with E-state index < -0.39 is 0 Å². The lowest BCUT2D eigenvalue weighted by Gasteiger charge is -2.46. The summed E-state index contributed by atoms with van der Waals surface area (Å²) < 4.78 is 1.86. The highest BCUT2D eigenvalue weighted by atomic mass is 35.5. The molecule has 1 N–H and O–H groups in total. The first-order chi connectivity index (χ1) is 13.7. The van der Waals surface area contributed by atoms with Crippen molar-refractivity contribution in [1.29, 1.82) is 0 Å². The molecule has 5 nitrogen and oxygen atoms in total. The predicted octanol–water partition coefficient (Wildman–Crippen LogP) is 3.73. The normalized spacial score (nSPS) is 22.6. The number of nitrogens with zero attached hydrogens (tertiary/aromatic N) is 4. The molecule has 4 rings (SSSR count). The van der Waals surface area contributed by atoms with Crippen molar-refractivity contribution >= 4 is 11.6 Å². The lowest BCUT2D eigenvalue weighted by atomic mass is 9.92. The van der Waals surface area contributed by atoms with Gasteiger partial charge in [0.15, 0.2) is 0 Å². The van der Waals surface area contributed by atoms with Crippen LogP contribution in [0, 0.1) is 0 Å². The van der Waals surface area contributed by atoms with E-state index in [1.54, 1.807) is 0 Å². The Hall–Kier alpha value is -1.40. The highest BCUT2D eigenvalue weighted by Crippen LogP contribution is 2.27. The van der Waals surface area contributed by atoms with Gasteiger partial charge >= 0.3 is 0 Å². The number of para-hydroxylation sites is 1. The number of rotatable bonds is 6. The van der Waals surface area contributed by atoms with Crippen LogP contribution in [0.5, 0.6) is 0 Å². The number of benzene rings is 1. The van der Waals surface area contributed by atoms with E-state index >= 15 is 0 Å². The number of aliphatic hydroxyl groups excluding tert-OH is 1. The Morgan fingerprint density at radius 3 is 2.71 bits per heavy atom. The van der Waals surface area contributed by atoms with Crippen molar-refractivity contribution in [1.82, 2.24) is 19.6 Å². The van der Waals surface area contributed by atoms with Gasteiger partial charge in [0, 0.05) is 56.6 Å². The maximum Gasteiger partial charge on any atom is 0.0831 e. The molecule has 1 saturated carbocycles.